The highest BCUT2D eigenvalue weighted by atomic mass is 32.1. The molecule has 1 saturated heterocycles. The maximum atomic E-state index is 12.8. The van der Waals surface area contributed by atoms with Crippen LogP contribution in [-0.4, -0.2) is 52.1 Å². The molecule has 1 amide bonds. The Labute approximate surface area is 164 Å². The number of aromatic nitrogens is 2. The molecule has 144 valence electrons. The minimum Gasteiger partial charge on any atom is -0.370 e. The van der Waals surface area contributed by atoms with Crippen molar-refractivity contribution in [2.45, 2.75) is 50.8 Å². The van der Waals surface area contributed by atoms with Crippen LogP contribution in [0, 0.1) is 6.92 Å². The van der Waals surface area contributed by atoms with Crippen LogP contribution in [0.5, 0.6) is 0 Å². The van der Waals surface area contributed by atoms with E-state index in [1.165, 1.54) is 11.3 Å². The largest absolute Gasteiger partial charge is 0.370 e. The fourth-order valence-electron chi connectivity index (χ4n) is 4.26. The highest BCUT2D eigenvalue weighted by Gasteiger charge is 2.46. The molecule has 27 heavy (non-hydrogen) atoms. The van der Waals surface area contributed by atoms with Crippen molar-refractivity contribution in [1.82, 2.24) is 20.2 Å². The van der Waals surface area contributed by atoms with Gasteiger partial charge in [-0.3, -0.25) is 14.7 Å². The lowest BCUT2D eigenvalue weighted by Crippen LogP contribution is -2.63. The van der Waals surface area contributed by atoms with Gasteiger partial charge in [-0.15, -0.1) is 11.3 Å². The van der Waals surface area contributed by atoms with Gasteiger partial charge in [0.15, 0.2) is 0 Å². The summed E-state index contributed by atoms with van der Waals surface area (Å²) < 4.78 is 6.35. The van der Waals surface area contributed by atoms with Gasteiger partial charge in [0.25, 0.3) is 5.91 Å². The molecule has 2 aliphatic rings. The predicted molar refractivity (Wildman–Crippen MR) is 105 cm³/mol. The number of hydrogen-bond acceptors (Lipinski definition) is 6. The van der Waals surface area contributed by atoms with Crippen LogP contribution in [0.3, 0.4) is 0 Å². The third kappa shape index (κ3) is 4.05. The maximum Gasteiger partial charge on any atom is 0.263 e. The summed E-state index contributed by atoms with van der Waals surface area (Å²) in [7, 11) is 0. The van der Waals surface area contributed by atoms with E-state index in [0.717, 1.165) is 56.7 Å². The van der Waals surface area contributed by atoms with Crippen LogP contribution in [0.4, 0.5) is 0 Å². The number of carbonyl (C=O) groups is 1. The molecule has 1 saturated carbocycles. The molecular weight excluding hydrogens is 360 g/mol. The molecule has 4 rings (SSSR count). The van der Waals surface area contributed by atoms with Crippen molar-refractivity contribution in [2.24, 2.45) is 0 Å². The second-order valence-corrected chi connectivity index (χ2v) is 8.34. The van der Waals surface area contributed by atoms with Crippen molar-refractivity contribution in [1.29, 1.82) is 0 Å². The lowest BCUT2D eigenvalue weighted by Gasteiger charge is -2.49. The van der Waals surface area contributed by atoms with E-state index < -0.39 is 0 Å². The van der Waals surface area contributed by atoms with E-state index in [4.69, 9.17) is 4.74 Å². The minimum absolute atomic E-state index is 0.0216. The van der Waals surface area contributed by atoms with Gasteiger partial charge in [0.1, 0.15) is 10.5 Å². The summed E-state index contributed by atoms with van der Waals surface area (Å²) in [6.45, 7) is 5.12. The average molecular weight is 387 g/mol. The molecular formula is C20H26N4O2S. The van der Waals surface area contributed by atoms with Crippen molar-refractivity contribution in [3.05, 3.63) is 46.2 Å². The Kier molecular flexibility index (Phi) is 5.52. The van der Waals surface area contributed by atoms with E-state index in [1.807, 2.05) is 25.3 Å². The zero-order valence-electron chi connectivity index (χ0n) is 15.7. The Hall–Kier alpha value is -1.83. The first-order valence-corrected chi connectivity index (χ1v) is 10.5. The molecule has 2 aromatic rings. The van der Waals surface area contributed by atoms with Crippen LogP contribution in [0.15, 0.2) is 29.9 Å². The van der Waals surface area contributed by atoms with Crippen LogP contribution < -0.4 is 5.32 Å². The van der Waals surface area contributed by atoms with Gasteiger partial charge >= 0.3 is 0 Å². The third-order valence-corrected chi connectivity index (χ3v) is 6.56. The zero-order valence-corrected chi connectivity index (χ0v) is 16.5. The van der Waals surface area contributed by atoms with Gasteiger partial charge in [-0.1, -0.05) is 18.9 Å². The first-order valence-electron chi connectivity index (χ1n) is 9.63. The fraction of sp³-hybridized carbons (Fsp3) is 0.550. The van der Waals surface area contributed by atoms with Gasteiger partial charge in [0, 0.05) is 25.8 Å². The van der Waals surface area contributed by atoms with E-state index in [0.29, 0.717) is 11.5 Å². The number of nitrogens with one attached hydrogen (secondary N) is 1. The van der Waals surface area contributed by atoms with Crippen molar-refractivity contribution in [2.75, 3.05) is 19.7 Å². The van der Waals surface area contributed by atoms with Gasteiger partial charge in [0.2, 0.25) is 0 Å². The fourth-order valence-corrected chi connectivity index (χ4v) is 4.96. The van der Waals surface area contributed by atoms with E-state index >= 15 is 0 Å². The van der Waals surface area contributed by atoms with Crippen molar-refractivity contribution >= 4 is 17.2 Å². The predicted octanol–water partition coefficient (Wildman–Crippen LogP) is 2.79. The van der Waals surface area contributed by atoms with Gasteiger partial charge in [-0.25, -0.2) is 4.98 Å². The number of hydrogen-bond donors (Lipinski definition) is 1. The van der Waals surface area contributed by atoms with Crippen LogP contribution in [0.25, 0.3) is 0 Å². The highest BCUT2D eigenvalue weighted by molar-refractivity contribution is 7.11. The van der Waals surface area contributed by atoms with E-state index in [-0.39, 0.29) is 17.6 Å². The molecule has 0 radical (unpaired) electrons. The molecule has 6 nitrogen and oxygen atoms in total. The quantitative estimate of drug-likeness (QED) is 0.875. The first-order chi connectivity index (χ1) is 13.2. The number of amides is 1. The smallest absolute Gasteiger partial charge is 0.263 e. The van der Waals surface area contributed by atoms with E-state index in [1.54, 1.807) is 5.51 Å². The molecule has 2 unspecified atom stereocenters. The maximum absolute atomic E-state index is 12.8. The molecule has 0 aromatic carbocycles. The molecule has 7 heteroatoms. The van der Waals surface area contributed by atoms with Gasteiger partial charge < -0.3 is 10.1 Å². The number of nitrogens with zero attached hydrogens (tertiary/aromatic N) is 3. The molecule has 2 aromatic heterocycles. The molecule has 1 aliphatic carbocycles. The molecule has 1 aliphatic heterocycles. The Morgan fingerprint density at radius 1 is 1.41 bits per heavy atom. The highest BCUT2D eigenvalue weighted by Crippen LogP contribution is 2.35. The van der Waals surface area contributed by atoms with E-state index in [2.05, 4.69) is 26.3 Å². The monoisotopic (exact) mass is 386 g/mol. The average Bonchev–Trinajstić information content (AvgIpc) is 3.11. The number of carbonyl (C=O) groups excluding carboxylic acids is 1. The number of thiazole rings is 1. The van der Waals surface area contributed by atoms with Gasteiger partial charge in [0.05, 0.1) is 29.5 Å². The molecule has 1 N–H and O–H groups in total. The van der Waals surface area contributed by atoms with Crippen LogP contribution in [0.2, 0.25) is 0 Å². The number of rotatable bonds is 4. The number of pyridine rings is 1. The summed E-state index contributed by atoms with van der Waals surface area (Å²) in [5, 5.41) is 3.27. The summed E-state index contributed by atoms with van der Waals surface area (Å²) in [6, 6.07) is 6.07. The lowest BCUT2D eigenvalue weighted by molar-refractivity contribution is -0.143. The Bertz CT molecular complexity index is 777. The van der Waals surface area contributed by atoms with Gasteiger partial charge in [-0.2, -0.15) is 0 Å². The third-order valence-electron chi connectivity index (χ3n) is 5.63. The van der Waals surface area contributed by atoms with Crippen molar-refractivity contribution < 1.29 is 9.53 Å². The van der Waals surface area contributed by atoms with Crippen molar-refractivity contribution in [3.63, 3.8) is 0 Å². The number of morpholine rings is 1. The second kappa shape index (κ2) is 8.04. The van der Waals surface area contributed by atoms with Crippen LogP contribution in [0.1, 0.15) is 46.7 Å². The van der Waals surface area contributed by atoms with E-state index in [9.17, 15) is 4.79 Å². The Morgan fingerprint density at radius 2 is 2.33 bits per heavy atom. The standard InChI is InChI=1S/C20H26N4O2S/c1-15-18(27-14-22-15)19(25)23-17-7-2-4-8-20(17)13-24(10-11-26-20)12-16-6-3-5-9-21-16/h3,5-6,9,14,17H,2,4,7-8,10-13H2,1H3,(H,23,25). The summed E-state index contributed by atoms with van der Waals surface area (Å²) in [4.78, 5) is 24.6. The number of aryl methyl sites for hydroxylation is 1. The Morgan fingerprint density at radius 3 is 3.11 bits per heavy atom. The minimum atomic E-state index is -0.306. The van der Waals surface area contributed by atoms with Crippen LogP contribution in [-0.2, 0) is 11.3 Å². The molecule has 2 atom stereocenters. The topological polar surface area (TPSA) is 67.4 Å². The first kappa shape index (κ1) is 18.5. The SMILES string of the molecule is Cc1ncsc1C(=O)NC1CCCCC12CN(Cc1ccccn1)CCO2. The second-order valence-electron chi connectivity index (χ2n) is 7.48. The van der Waals surface area contributed by atoms with Crippen molar-refractivity contribution in [3.8, 4) is 0 Å². The van der Waals surface area contributed by atoms with Gasteiger partial charge in [-0.05, 0) is 31.9 Å². The molecule has 1 spiro atoms. The normalized spacial score (nSPS) is 26.2. The molecule has 0 bridgehead atoms. The molecule has 2 fully saturated rings. The number of ether oxygens (including phenoxy) is 1. The Balaban J connectivity index is 1.48. The summed E-state index contributed by atoms with van der Waals surface area (Å²) in [5.74, 6) is -0.0216. The molecule has 3 heterocycles. The summed E-state index contributed by atoms with van der Waals surface area (Å²) >= 11 is 1.40. The van der Waals surface area contributed by atoms with Crippen LogP contribution >= 0.6 is 11.3 Å². The summed E-state index contributed by atoms with van der Waals surface area (Å²) in [5.41, 5.74) is 3.29. The zero-order chi connectivity index (χ0) is 18.7. The lowest BCUT2D eigenvalue weighted by atomic mass is 9.78. The summed E-state index contributed by atoms with van der Waals surface area (Å²) in [6.07, 6.45) is 6.05.